The van der Waals surface area contributed by atoms with Crippen LogP contribution in [0.25, 0.3) is 10.8 Å². The molecule has 31 heavy (non-hydrogen) atoms. The zero-order chi connectivity index (χ0) is 22.2. The average molecular weight is 436 g/mol. The van der Waals surface area contributed by atoms with Gasteiger partial charge >= 0.3 is 0 Å². The summed E-state index contributed by atoms with van der Waals surface area (Å²) >= 11 is 5.10. The minimum absolute atomic E-state index is 0.0106. The van der Waals surface area contributed by atoms with Crippen molar-refractivity contribution in [2.24, 2.45) is 5.92 Å². The van der Waals surface area contributed by atoms with E-state index >= 15 is 0 Å². The number of carbonyl (C=O) groups excluding carboxylic acids is 2. The van der Waals surface area contributed by atoms with E-state index in [1.165, 1.54) is 0 Å². The second kappa shape index (κ2) is 10.5. The summed E-state index contributed by atoms with van der Waals surface area (Å²) in [5.41, 5.74) is 6.44. The molecule has 0 aliphatic rings. The van der Waals surface area contributed by atoms with Crippen LogP contribution in [0.15, 0.2) is 66.7 Å². The summed E-state index contributed by atoms with van der Waals surface area (Å²) in [5.74, 6) is 0.477. The van der Waals surface area contributed by atoms with E-state index in [1.807, 2.05) is 42.5 Å². The van der Waals surface area contributed by atoms with Crippen LogP contribution in [0, 0.1) is 5.92 Å². The molecule has 0 unspecified atom stereocenters. The van der Waals surface area contributed by atoms with Crippen LogP contribution < -0.4 is 20.9 Å². The molecular formula is C24H25N3O3S. The summed E-state index contributed by atoms with van der Waals surface area (Å²) in [6.07, 6.45) is 0.183. The molecule has 7 heteroatoms. The van der Waals surface area contributed by atoms with E-state index in [9.17, 15) is 9.59 Å². The van der Waals surface area contributed by atoms with Gasteiger partial charge in [0.25, 0.3) is 5.91 Å². The molecule has 0 aromatic heterocycles. The summed E-state index contributed by atoms with van der Waals surface area (Å²) in [4.78, 5) is 24.6. The van der Waals surface area contributed by atoms with Crippen molar-refractivity contribution in [3.63, 3.8) is 0 Å². The van der Waals surface area contributed by atoms with Crippen molar-refractivity contribution >= 4 is 39.9 Å². The van der Waals surface area contributed by atoms with Gasteiger partial charge in [-0.25, -0.2) is 0 Å². The van der Waals surface area contributed by atoms with Crippen LogP contribution in [-0.2, 0) is 11.2 Å². The van der Waals surface area contributed by atoms with Crippen molar-refractivity contribution < 1.29 is 14.3 Å². The molecule has 0 heterocycles. The average Bonchev–Trinajstić information content (AvgIpc) is 2.77. The maximum Gasteiger partial charge on any atom is 0.257 e. The topological polar surface area (TPSA) is 79.5 Å². The molecule has 160 valence electrons. The van der Waals surface area contributed by atoms with E-state index in [4.69, 9.17) is 17.0 Å². The molecular weight excluding hydrogens is 410 g/mol. The first-order valence-corrected chi connectivity index (χ1v) is 10.4. The molecule has 0 fully saturated rings. The van der Waals surface area contributed by atoms with Crippen molar-refractivity contribution in [3.8, 4) is 5.75 Å². The monoisotopic (exact) mass is 435 g/mol. The molecule has 0 bridgehead atoms. The largest absolute Gasteiger partial charge is 0.493 e. The first-order valence-electron chi connectivity index (χ1n) is 10.0. The van der Waals surface area contributed by atoms with E-state index in [0.717, 1.165) is 16.3 Å². The number of ether oxygens (including phenoxy) is 1. The quantitative estimate of drug-likeness (QED) is 0.406. The number of thiocarbonyl (C=S) groups is 1. The predicted molar refractivity (Wildman–Crippen MR) is 126 cm³/mol. The lowest BCUT2D eigenvalue weighted by atomic mass is 10.0. The number of hydrogen-bond donors (Lipinski definition) is 3. The number of hydrazine groups is 1. The highest BCUT2D eigenvalue weighted by atomic mass is 32.1. The minimum atomic E-state index is -0.379. The van der Waals surface area contributed by atoms with Crippen LogP contribution in [0.4, 0.5) is 0 Å². The van der Waals surface area contributed by atoms with Gasteiger partial charge in [0, 0.05) is 5.56 Å². The molecule has 0 saturated heterocycles. The number of benzene rings is 3. The van der Waals surface area contributed by atoms with Gasteiger partial charge in [0.05, 0.1) is 13.0 Å². The highest BCUT2D eigenvalue weighted by Crippen LogP contribution is 2.18. The number of fused-ring (bicyclic) bond motifs is 1. The molecule has 3 aromatic rings. The fraction of sp³-hybridized carbons (Fsp3) is 0.208. The Labute approximate surface area is 187 Å². The molecule has 3 N–H and O–H groups in total. The van der Waals surface area contributed by atoms with Gasteiger partial charge in [-0.15, -0.1) is 0 Å². The maximum atomic E-state index is 12.3. The van der Waals surface area contributed by atoms with Crippen molar-refractivity contribution in [1.82, 2.24) is 16.2 Å². The Bertz CT molecular complexity index is 1080. The molecule has 0 spiro atoms. The van der Waals surface area contributed by atoms with Crippen LogP contribution in [0.5, 0.6) is 5.75 Å². The number of hydrogen-bond acceptors (Lipinski definition) is 4. The predicted octanol–water partition coefficient (Wildman–Crippen LogP) is 3.75. The third-order valence-corrected chi connectivity index (χ3v) is 4.68. The van der Waals surface area contributed by atoms with E-state index in [-0.39, 0.29) is 23.3 Å². The van der Waals surface area contributed by atoms with Gasteiger partial charge in [-0.05, 0) is 58.7 Å². The van der Waals surface area contributed by atoms with Crippen molar-refractivity contribution in [2.75, 3.05) is 6.61 Å². The lowest BCUT2D eigenvalue weighted by Gasteiger charge is -2.12. The summed E-state index contributed by atoms with van der Waals surface area (Å²) < 4.78 is 5.61. The molecule has 3 rings (SSSR count). The third kappa shape index (κ3) is 6.52. The number of rotatable bonds is 6. The smallest absolute Gasteiger partial charge is 0.257 e. The number of amides is 2. The Balaban J connectivity index is 1.48. The Morgan fingerprint density at radius 1 is 0.935 bits per heavy atom. The normalized spacial score (nSPS) is 10.5. The highest BCUT2D eigenvalue weighted by molar-refractivity contribution is 7.80. The Morgan fingerprint density at radius 3 is 2.39 bits per heavy atom. The molecule has 0 aliphatic carbocycles. The van der Waals surface area contributed by atoms with Crippen LogP contribution in [0.1, 0.15) is 29.8 Å². The van der Waals surface area contributed by atoms with Crippen LogP contribution in [0.3, 0.4) is 0 Å². The molecule has 0 saturated carbocycles. The van der Waals surface area contributed by atoms with Gasteiger partial charge in [-0.3, -0.25) is 25.8 Å². The molecule has 0 radical (unpaired) electrons. The Hall–Kier alpha value is -3.45. The van der Waals surface area contributed by atoms with Gasteiger partial charge in [-0.2, -0.15) is 0 Å². The second-order valence-electron chi connectivity index (χ2n) is 7.50. The minimum Gasteiger partial charge on any atom is -0.493 e. The molecule has 3 aromatic carbocycles. The van der Waals surface area contributed by atoms with E-state index in [2.05, 4.69) is 30.0 Å². The van der Waals surface area contributed by atoms with E-state index in [1.54, 1.807) is 24.3 Å². The summed E-state index contributed by atoms with van der Waals surface area (Å²) in [5, 5.41) is 4.65. The van der Waals surface area contributed by atoms with Crippen LogP contribution >= 0.6 is 12.2 Å². The van der Waals surface area contributed by atoms with Gasteiger partial charge in [0.1, 0.15) is 5.75 Å². The summed E-state index contributed by atoms with van der Waals surface area (Å²) in [6, 6.07) is 20.5. The van der Waals surface area contributed by atoms with Crippen molar-refractivity contribution in [1.29, 1.82) is 0 Å². The summed E-state index contributed by atoms with van der Waals surface area (Å²) in [7, 11) is 0. The number of nitrogens with one attached hydrogen (secondary N) is 3. The lowest BCUT2D eigenvalue weighted by molar-refractivity contribution is -0.121. The molecule has 6 nitrogen and oxygen atoms in total. The molecule has 2 amide bonds. The number of carbonyl (C=O) groups is 2. The first-order chi connectivity index (χ1) is 14.9. The van der Waals surface area contributed by atoms with Gasteiger partial charge in [0.15, 0.2) is 5.11 Å². The van der Waals surface area contributed by atoms with Gasteiger partial charge < -0.3 is 4.74 Å². The Kier molecular flexibility index (Phi) is 7.56. The maximum absolute atomic E-state index is 12.3. The van der Waals surface area contributed by atoms with E-state index < -0.39 is 0 Å². The van der Waals surface area contributed by atoms with Gasteiger partial charge in [-0.1, -0.05) is 56.3 Å². The van der Waals surface area contributed by atoms with Gasteiger partial charge in [0.2, 0.25) is 5.91 Å². The zero-order valence-electron chi connectivity index (χ0n) is 17.5. The standard InChI is InChI=1S/C24H25N3O3S/c1-16(2)15-30-20-12-10-18(11-13-20)23(29)25-24(31)27-26-22(28)14-19-8-5-7-17-6-3-4-9-21(17)19/h3-13,16H,14-15H2,1-2H3,(H,26,28)(H2,25,27,29,31). The zero-order valence-corrected chi connectivity index (χ0v) is 18.3. The van der Waals surface area contributed by atoms with E-state index in [0.29, 0.717) is 23.8 Å². The first kappa shape index (κ1) is 22.2. The molecule has 0 atom stereocenters. The SMILES string of the molecule is CC(C)COc1ccc(C(=O)NC(=S)NNC(=O)Cc2cccc3ccccc23)cc1. The lowest BCUT2D eigenvalue weighted by Crippen LogP contribution is -2.48. The summed E-state index contributed by atoms with van der Waals surface area (Å²) in [6.45, 7) is 4.74. The third-order valence-electron chi connectivity index (χ3n) is 4.47. The second-order valence-corrected chi connectivity index (χ2v) is 7.91. The Morgan fingerprint density at radius 2 is 1.65 bits per heavy atom. The fourth-order valence-electron chi connectivity index (χ4n) is 2.96. The van der Waals surface area contributed by atoms with Crippen LogP contribution in [-0.4, -0.2) is 23.5 Å². The van der Waals surface area contributed by atoms with Crippen molar-refractivity contribution in [2.45, 2.75) is 20.3 Å². The van der Waals surface area contributed by atoms with Crippen molar-refractivity contribution in [3.05, 3.63) is 77.9 Å². The highest BCUT2D eigenvalue weighted by Gasteiger charge is 2.10. The fourth-order valence-corrected chi connectivity index (χ4v) is 3.11. The molecule has 0 aliphatic heterocycles. The van der Waals surface area contributed by atoms with Crippen LogP contribution in [0.2, 0.25) is 0 Å².